The topological polar surface area (TPSA) is 79.4 Å². The predicted molar refractivity (Wildman–Crippen MR) is 108 cm³/mol. The molecule has 1 aromatic carbocycles. The van der Waals surface area contributed by atoms with Crippen LogP contribution in [-0.4, -0.2) is 43.4 Å². The van der Waals surface area contributed by atoms with Gasteiger partial charge in [-0.25, -0.2) is 13.4 Å². The molecule has 1 atom stereocenters. The van der Waals surface area contributed by atoms with Crippen molar-refractivity contribution in [3.8, 4) is 0 Å². The molecule has 2 aromatic rings. The number of nitrogens with one attached hydrogen (secondary N) is 1. The molecule has 0 radical (unpaired) electrons. The fourth-order valence-corrected chi connectivity index (χ4v) is 5.10. The molecule has 0 saturated carbocycles. The lowest BCUT2D eigenvalue weighted by Crippen LogP contribution is -2.36. The highest BCUT2D eigenvalue weighted by molar-refractivity contribution is 7.91. The second-order valence-corrected chi connectivity index (χ2v) is 9.23. The lowest BCUT2D eigenvalue weighted by molar-refractivity contribution is 0.102. The molecule has 0 aliphatic carbocycles. The number of nitrogens with zero attached hydrogens (tertiary/aromatic N) is 2. The number of rotatable bonds is 5. The normalized spacial score (nSPS) is 18.3. The van der Waals surface area contributed by atoms with E-state index >= 15 is 0 Å². The average Bonchev–Trinajstić information content (AvgIpc) is 2.99. The van der Waals surface area contributed by atoms with Crippen LogP contribution in [0.4, 0.5) is 11.5 Å². The van der Waals surface area contributed by atoms with Crippen molar-refractivity contribution in [2.24, 2.45) is 0 Å². The molecule has 1 aliphatic heterocycles. The van der Waals surface area contributed by atoms with E-state index in [0.29, 0.717) is 24.3 Å². The highest BCUT2D eigenvalue weighted by Gasteiger charge is 2.31. The first kappa shape index (κ1) is 19.4. The van der Waals surface area contributed by atoms with E-state index < -0.39 is 9.84 Å². The molecule has 3 rings (SSSR count). The van der Waals surface area contributed by atoms with Crippen molar-refractivity contribution in [1.29, 1.82) is 0 Å². The number of hydrogen-bond donors (Lipinski definition) is 1. The molecule has 27 heavy (non-hydrogen) atoms. The van der Waals surface area contributed by atoms with Crippen LogP contribution in [0.5, 0.6) is 0 Å². The van der Waals surface area contributed by atoms with Crippen molar-refractivity contribution in [1.82, 2.24) is 4.98 Å². The van der Waals surface area contributed by atoms with Crippen molar-refractivity contribution in [3.05, 3.63) is 53.2 Å². The molecule has 1 N–H and O–H groups in total. The van der Waals surface area contributed by atoms with Gasteiger partial charge in [0.1, 0.15) is 5.82 Å². The molecule has 1 unspecified atom stereocenters. The summed E-state index contributed by atoms with van der Waals surface area (Å²) in [4.78, 5) is 18.8. The summed E-state index contributed by atoms with van der Waals surface area (Å²) >= 11 is 0. The standard InChI is InChI=1S/C20H25N3O3S/c1-4-23(18-9-10-27(25,26)13-18)17-7-8-19(21-12-17)22-20(24)16-6-5-14(2)15(3)11-16/h5-8,11-12,18H,4,9-10,13H2,1-3H3,(H,21,22,24). The van der Waals surface area contributed by atoms with E-state index in [0.717, 1.165) is 16.8 Å². The highest BCUT2D eigenvalue weighted by atomic mass is 32.2. The minimum absolute atomic E-state index is 0.0159. The van der Waals surface area contributed by atoms with Crippen molar-refractivity contribution >= 4 is 27.2 Å². The fraction of sp³-hybridized carbons (Fsp3) is 0.400. The molecule has 0 bridgehead atoms. The van der Waals surface area contributed by atoms with Crippen molar-refractivity contribution in [3.63, 3.8) is 0 Å². The lowest BCUT2D eigenvalue weighted by atomic mass is 10.1. The van der Waals surface area contributed by atoms with Gasteiger partial charge in [0.15, 0.2) is 9.84 Å². The number of pyridine rings is 1. The molecule has 7 heteroatoms. The Morgan fingerprint density at radius 3 is 2.56 bits per heavy atom. The van der Waals surface area contributed by atoms with E-state index in [2.05, 4.69) is 15.2 Å². The Bertz CT molecular complexity index is 939. The lowest BCUT2D eigenvalue weighted by Gasteiger charge is -2.28. The van der Waals surface area contributed by atoms with Crippen LogP contribution in [0.2, 0.25) is 0 Å². The largest absolute Gasteiger partial charge is 0.367 e. The number of amides is 1. The Hall–Kier alpha value is -2.41. The Morgan fingerprint density at radius 1 is 1.22 bits per heavy atom. The zero-order valence-corrected chi connectivity index (χ0v) is 16.7. The average molecular weight is 388 g/mol. The zero-order valence-electron chi connectivity index (χ0n) is 15.9. The smallest absolute Gasteiger partial charge is 0.256 e. The maximum absolute atomic E-state index is 12.4. The maximum Gasteiger partial charge on any atom is 0.256 e. The summed E-state index contributed by atoms with van der Waals surface area (Å²) in [6, 6.07) is 9.19. The first-order valence-electron chi connectivity index (χ1n) is 9.11. The Kier molecular flexibility index (Phi) is 5.51. The number of sulfone groups is 1. The molecule has 1 aliphatic rings. The highest BCUT2D eigenvalue weighted by Crippen LogP contribution is 2.24. The molecule has 2 heterocycles. The van der Waals surface area contributed by atoms with E-state index in [1.807, 2.05) is 39.0 Å². The third-order valence-corrected chi connectivity index (χ3v) is 6.83. The van der Waals surface area contributed by atoms with Gasteiger partial charge >= 0.3 is 0 Å². The van der Waals surface area contributed by atoms with E-state index in [4.69, 9.17) is 0 Å². The zero-order chi connectivity index (χ0) is 19.6. The fourth-order valence-electron chi connectivity index (χ4n) is 3.37. The monoisotopic (exact) mass is 387 g/mol. The molecule has 1 aromatic heterocycles. The number of carbonyl (C=O) groups excluding carboxylic acids is 1. The van der Waals surface area contributed by atoms with Crippen LogP contribution in [0, 0.1) is 13.8 Å². The molecule has 1 saturated heterocycles. The van der Waals surface area contributed by atoms with Crippen LogP contribution >= 0.6 is 0 Å². The quantitative estimate of drug-likeness (QED) is 0.853. The molecule has 144 valence electrons. The number of anilines is 2. The van der Waals surface area contributed by atoms with Crippen LogP contribution in [0.25, 0.3) is 0 Å². The van der Waals surface area contributed by atoms with E-state index in [-0.39, 0.29) is 23.5 Å². The van der Waals surface area contributed by atoms with Gasteiger partial charge in [0.25, 0.3) is 5.91 Å². The van der Waals surface area contributed by atoms with Crippen LogP contribution in [0.3, 0.4) is 0 Å². The summed E-state index contributed by atoms with van der Waals surface area (Å²) in [6.07, 6.45) is 2.33. The van der Waals surface area contributed by atoms with Gasteiger partial charge in [0.05, 0.1) is 23.4 Å². The molecule has 6 nitrogen and oxygen atoms in total. The van der Waals surface area contributed by atoms with Crippen molar-refractivity contribution in [2.75, 3.05) is 28.3 Å². The first-order valence-corrected chi connectivity index (χ1v) is 10.9. The van der Waals surface area contributed by atoms with E-state index in [1.165, 1.54) is 0 Å². The molecule has 1 amide bonds. The van der Waals surface area contributed by atoms with Gasteiger partial charge in [-0.3, -0.25) is 4.79 Å². The number of benzene rings is 1. The van der Waals surface area contributed by atoms with Gasteiger partial charge in [-0.1, -0.05) is 6.07 Å². The molecular formula is C20H25N3O3S. The number of aryl methyl sites for hydroxylation is 2. The summed E-state index contributed by atoms with van der Waals surface area (Å²) in [5.74, 6) is 0.697. The Labute approximate surface area is 160 Å². The van der Waals surface area contributed by atoms with Gasteiger partial charge in [0, 0.05) is 18.2 Å². The predicted octanol–water partition coefficient (Wildman–Crippen LogP) is 2.96. The van der Waals surface area contributed by atoms with E-state index in [1.54, 1.807) is 18.3 Å². The summed E-state index contributed by atoms with van der Waals surface area (Å²) < 4.78 is 23.5. The van der Waals surface area contributed by atoms with Gasteiger partial charge in [-0.2, -0.15) is 0 Å². The van der Waals surface area contributed by atoms with Crippen LogP contribution in [-0.2, 0) is 9.84 Å². The molecule has 1 fully saturated rings. The number of aromatic nitrogens is 1. The third-order valence-electron chi connectivity index (χ3n) is 5.08. The number of hydrogen-bond acceptors (Lipinski definition) is 5. The van der Waals surface area contributed by atoms with Crippen molar-refractivity contribution in [2.45, 2.75) is 33.2 Å². The number of carbonyl (C=O) groups is 1. The van der Waals surface area contributed by atoms with Gasteiger partial charge in [0.2, 0.25) is 0 Å². The van der Waals surface area contributed by atoms with E-state index in [9.17, 15) is 13.2 Å². The SMILES string of the molecule is CCN(c1ccc(NC(=O)c2ccc(C)c(C)c2)nc1)C1CCS(=O)(=O)C1. The van der Waals surface area contributed by atoms with Crippen LogP contribution in [0.1, 0.15) is 34.8 Å². The van der Waals surface area contributed by atoms with Crippen LogP contribution < -0.4 is 10.2 Å². The minimum atomic E-state index is -2.94. The molecular weight excluding hydrogens is 362 g/mol. The van der Waals surface area contributed by atoms with Crippen molar-refractivity contribution < 1.29 is 13.2 Å². The maximum atomic E-state index is 12.4. The Morgan fingerprint density at radius 2 is 2.00 bits per heavy atom. The third kappa shape index (κ3) is 4.47. The summed E-state index contributed by atoms with van der Waals surface area (Å²) in [5, 5.41) is 2.81. The summed E-state index contributed by atoms with van der Waals surface area (Å²) in [7, 11) is -2.94. The molecule has 0 spiro atoms. The second kappa shape index (κ2) is 7.68. The Balaban J connectivity index is 1.71. The van der Waals surface area contributed by atoms with Gasteiger partial charge in [-0.15, -0.1) is 0 Å². The van der Waals surface area contributed by atoms with Gasteiger partial charge < -0.3 is 10.2 Å². The second-order valence-electron chi connectivity index (χ2n) is 7.00. The summed E-state index contributed by atoms with van der Waals surface area (Å²) in [6.45, 7) is 6.69. The minimum Gasteiger partial charge on any atom is -0.367 e. The summed E-state index contributed by atoms with van der Waals surface area (Å²) in [5.41, 5.74) is 3.66. The first-order chi connectivity index (χ1) is 12.8. The van der Waals surface area contributed by atoms with Gasteiger partial charge in [-0.05, 0) is 62.6 Å². The van der Waals surface area contributed by atoms with Crippen LogP contribution in [0.15, 0.2) is 36.5 Å².